The van der Waals surface area contributed by atoms with Gasteiger partial charge in [0, 0.05) is 31.5 Å². The highest BCUT2D eigenvalue weighted by atomic mass is 19.1. The van der Waals surface area contributed by atoms with E-state index in [2.05, 4.69) is 15.6 Å². The lowest BCUT2D eigenvalue weighted by Crippen LogP contribution is -2.54. The fourth-order valence-corrected chi connectivity index (χ4v) is 3.10. The Hall–Kier alpha value is -3.43. The van der Waals surface area contributed by atoms with Crippen LogP contribution in [0.5, 0.6) is 0 Å². The van der Waals surface area contributed by atoms with Crippen molar-refractivity contribution in [3.05, 3.63) is 53.9 Å². The minimum absolute atomic E-state index is 0.227. The summed E-state index contributed by atoms with van der Waals surface area (Å²) in [7, 11) is 0. The number of hydrogen-bond acceptors (Lipinski definition) is 4. The molecule has 2 heterocycles. The lowest BCUT2D eigenvalue weighted by atomic mass is 10.0. The van der Waals surface area contributed by atoms with E-state index in [1.807, 2.05) is 24.6 Å². The second-order valence-corrected chi connectivity index (χ2v) is 6.55. The molecule has 1 saturated heterocycles. The van der Waals surface area contributed by atoms with Crippen LogP contribution in [0, 0.1) is 5.82 Å². The first-order valence-corrected chi connectivity index (χ1v) is 9.06. The van der Waals surface area contributed by atoms with E-state index in [4.69, 9.17) is 9.90 Å². The van der Waals surface area contributed by atoms with Crippen LogP contribution in [0.15, 0.2) is 36.7 Å². The number of imidazole rings is 1. The van der Waals surface area contributed by atoms with Gasteiger partial charge in [-0.15, -0.1) is 0 Å². The summed E-state index contributed by atoms with van der Waals surface area (Å²) in [6, 6.07) is 4.75. The number of urea groups is 1. The lowest BCUT2D eigenvalue weighted by Gasteiger charge is -2.35. The molecular weight excluding hydrogens is 381 g/mol. The number of benzene rings is 1. The minimum atomic E-state index is -0.857. The van der Waals surface area contributed by atoms with Gasteiger partial charge in [0.25, 0.3) is 6.47 Å². The van der Waals surface area contributed by atoms with E-state index in [0.29, 0.717) is 18.7 Å². The maximum Gasteiger partial charge on any atom is 0.318 e. The second kappa shape index (κ2) is 10.2. The average molecular weight is 405 g/mol. The fourth-order valence-electron chi connectivity index (χ4n) is 3.10. The average Bonchev–Trinajstić information content (AvgIpc) is 3.15. The van der Waals surface area contributed by atoms with Gasteiger partial charge in [-0.25, -0.2) is 14.2 Å². The Kier molecular flexibility index (Phi) is 7.70. The molecule has 0 saturated carbocycles. The summed E-state index contributed by atoms with van der Waals surface area (Å²) < 4.78 is 15.5. The van der Waals surface area contributed by atoms with Crippen molar-refractivity contribution in [3.8, 4) is 0 Å². The normalized spacial score (nSPS) is 15.9. The van der Waals surface area contributed by atoms with Crippen molar-refractivity contribution in [2.45, 2.75) is 32.5 Å². The second-order valence-electron chi connectivity index (χ2n) is 6.55. The zero-order valence-corrected chi connectivity index (χ0v) is 16.2. The third-order valence-corrected chi connectivity index (χ3v) is 4.34. The van der Waals surface area contributed by atoms with Crippen molar-refractivity contribution < 1.29 is 23.9 Å². The van der Waals surface area contributed by atoms with Crippen LogP contribution in [0.25, 0.3) is 0 Å². The highest BCUT2D eigenvalue weighted by molar-refractivity contribution is 5.89. The quantitative estimate of drug-likeness (QED) is 0.670. The molecule has 1 aliphatic heterocycles. The molecule has 10 heteroatoms. The molecule has 2 aromatic rings. The Balaban J connectivity index is 0.000000941. The van der Waals surface area contributed by atoms with Crippen molar-refractivity contribution in [2.75, 3.05) is 13.1 Å². The van der Waals surface area contributed by atoms with Crippen LogP contribution in [-0.2, 0) is 16.1 Å². The van der Waals surface area contributed by atoms with Gasteiger partial charge in [0.15, 0.2) is 0 Å². The van der Waals surface area contributed by atoms with Gasteiger partial charge in [-0.1, -0.05) is 12.1 Å². The van der Waals surface area contributed by atoms with Gasteiger partial charge in [-0.2, -0.15) is 0 Å². The molecule has 0 spiro atoms. The van der Waals surface area contributed by atoms with Gasteiger partial charge in [-0.3, -0.25) is 9.59 Å². The maximum absolute atomic E-state index is 13.6. The number of rotatable bonds is 4. The summed E-state index contributed by atoms with van der Waals surface area (Å²) >= 11 is 0. The monoisotopic (exact) mass is 405 g/mol. The molecule has 1 aromatic carbocycles. The summed E-state index contributed by atoms with van der Waals surface area (Å²) in [4.78, 5) is 39.1. The molecule has 3 rings (SSSR count). The number of nitrogens with zero attached hydrogens (tertiary/aromatic N) is 3. The first kappa shape index (κ1) is 21.9. The minimum Gasteiger partial charge on any atom is -0.483 e. The molecule has 1 aromatic heterocycles. The van der Waals surface area contributed by atoms with E-state index < -0.39 is 11.9 Å². The molecule has 156 valence electrons. The Morgan fingerprint density at radius 3 is 2.86 bits per heavy atom. The number of nitrogens with one attached hydrogen (secondary N) is 2. The Labute approximate surface area is 167 Å². The topological polar surface area (TPSA) is 117 Å². The number of hydrogen-bond donors (Lipinski definition) is 3. The summed E-state index contributed by atoms with van der Waals surface area (Å²) in [5.74, 6) is -0.0296. The molecule has 29 heavy (non-hydrogen) atoms. The first-order chi connectivity index (χ1) is 13.9. The molecule has 3 amide bonds. The van der Waals surface area contributed by atoms with Crippen molar-refractivity contribution in [1.29, 1.82) is 0 Å². The highest BCUT2D eigenvalue weighted by Crippen LogP contribution is 2.24. The highest BCUT2D eigenvalue weighted by Gasteiger charge is 2.34. The SMILES string of the molecule is CC(C)n1ccnc1CNC(=O)N1CCNC(=O)C1c1cccc(F)c1.O=CO. The smallest absolute Gasteiger partial charge is 0.318 e. The van der Waals surface area contributed by atoms with E-state index in [-0.39, 0.29) is 31.0 Å². The molecule has 0 radical (unpaired) electrons. The van der Waals surface area contributed by atoms with Crippen LogP contribution in [-0.4, -0.2) is 51.1 Å². The van der Waals surface area contributed by atoms with Crippen LogP contribution in [0.3, 0.4) is 0 Å². The molecule has 3 N–H and O–H groups in total. The molecular formula is C19H24FN5O4. The molecule has 1 unspecified atom stereocenters. The van der Waals surface area contributed by atoms with Gasteiger partial charge in [0.1, 0.15) is 17.7 Å². The van der Waals surface area contributed by atoms with E-state index in [1.165, 1.54) is 23.1 Å². The fraction of sp³-hybridized carbons (Fsp3) is 0.368. The van der Waals surface area contributed by atoms with E-state index in [1.54, 1.807) is 12.3 Å². The van der Waals surface area contributed by atoms with Crippen molar-refractivity contribution in [2.24, 2.45) is 0 Å². The number of halogens is 1. The molecule has 1 fully saturated rings. The summed E-state index contributed by atoms with van der Waals surface area (Å²) in [5, 5.41) is 12.4. The standard InChI is InChI=1S/C18H22FN5O2.CH2O2/c1-12(2)23-8-6-20-15(23)11-22-18(26)24-9-7-21-17(25)16(24)13-4-3-5-14(19)10-13;2-1-3/h3-6,8,10,12,16H,7,9,11H2,1-2H3,(H,21,25)(H,22,26);1H,(H,2,3). The molecule has 1 aliphatic rings. The van der Waals surface area contributed by atoms with Gasteiger partial charge < -0.3 is 25.2 Å². The molecule has 9 nitrogen and oxygen atoms in total. The van der Waals surface area contributed by atoms with E-state index in [0.717, 1.165) is 5.82 Å². The Morgan fingerprint density at radius 2 is 2.21 bits per heavy atom. The van der Waals surface area contributed by atoms with Crippen LogP contribution in [0.1, 0.15) is 37.3 Å². The number of piperazine rings is 1. The Morgan fingerprint density at radius 1 is 1.48 bits per heavy atom. The van der Waals surface area contributed by atoms with Crippen LogP contribution < -0.4 is 10.6 Å². The van der Waals surface area contributed by atoms with Gasteiger partial charge in [0.2, 0.25) is 5.91 Å². The zero-order chi connectivity index (χ0) is 21.4. The predicted molar refractivity (Wildman–Crippen MR) is 102 cm³/mol. The first-order valence-electron chi connectivity index (χ1n) is 9.06. The number of carbonyl (C=O) groups is 3. The van der Waals surface area contributed by atoms with Crippen LogP contribution in [0.2, 0.25) is 0 Å². The Bertz CT molecular complexity index is 855. The third-order valence-electron chi connectivity index (χ3n) is 4.34. The number of carboxylic acid groups (broad SMARTS) is 1. The van der Waals surface area contributed by atoms with Crippen molar-refractivity contribution in [3.63, 3.8) is 0 Å². The predicted octanol–water partition coefficient (Wildman–Crippen LogP) is 1.69. The zero-order valence-electron chi connectivity index (χ0n) is 16.2. The lowest BCUT2D eigenvalue weighted by molar-refractivity contribution is -0.128. The largest absolute Gasteiger partial charge is 0.483 e. The van der Waals surface area contributed by atoms with Crippen LogP contribution in [0.4, 0.5) is 9.18 Å². The van der Waals surface area contributed by atoms with Gasteiger partial charge >= 0.3 is 6.03 Å². The van der Waals surface area contributed by atoms with Crippen molar-refractivity contribution in [1.82, 2.24) is 25.1 Å². The summed E-state index contributed by atoms with van der Waals surface area (Å²) in [6.45, 7) is 4.76. The summed E-state index contributed by atoms with van der Waals surface area (Å²) in [5.41, 5.74) is 0.445. The number of aromatic nitrogens is 2. The van der Waals surface area contributed by atoms with Crippen LogP contribution >= 0.6 is 0 Å². The van der Waals surface area contributed by atoms with E-state index >= 15 is 0 Å². The van der Waals surface area contributed by atoms with E-state index in [9.17, 15) is 14.0 Å². The third kappa shape index (κ3) is 5.53. The number of carbonyl (C=O) groups excluding carboxylic acids is 2. The van der Waals surface area contributed by atoms with Gasteiger partial charge in [-0.05, 0) is 31.5 Å². The molecule has 0 aliphatic carbocycles. The van der Waals surface area contributed by atoms with Crippen molar-refractivity contribution >= 4 is 18.4 Å². The molecule has 0 bridgehead atoms. The maximum atomic E-state index is 13.6. The van der Waals surface area contributed by atoms with Gasteiger partial charge in [0.05, 0.1) is 6.54 Å². The number of amides is 3. The summed E-state index contributed by atoms with van der Waals surface area (Å²) in [6.07, 6.45) is 3.54. The molecule has 1 atom stereocenters.